The SMILES string of the molecule is COc1cc(N2CCC(NC(=O)CCCCCCSc3cccc4c3CN(C3CCC(=O)NC3=O)C4=O)CC2)ccc1Nc1ncc(Cl)c(Nc2ccccc2P(C)C)n1. The van der Waals surface area contributed by atoms with Crippen molar-refractivity contribution < 1.29 is 23.9 Å². The number of carbonyl (C=O) groups is 4. The van der Waals surface area contributed by atoms with Crippen LogP contribution in [0.25, 0.3) is 0 Å². The van der Waals surface area contributed by atoms with Gasteiger partial charge in [-0.05, 0) is 92.4 Å². The number of nitrogens with zero attached hydrogens (tertiary/aromatic N) is 4. The van der Waals surface area contributed by atoms with Crippen LogP contribution in [0.5, 0.6) is 5.75 Å². The molecule has 13 nitrogen and oxygen atoms in total. The number of thioether (sulfide) groups is 1. The van der Waals surface area contributed by atoms with E-state index in [9.17, 15) is 19.2 Å². The maximum absolute atomic E-state index is 13.1. The van der Waals surface area contributed by atoms with Crippen molar-refractivity contribution in [3.8, 4) is 5.75 Å². The molecule has 4 aromatic rings. The largest absolute Gasteiger partial charge is 0.494 e. The van der Waals surface area contributed by atoms with Gasteiger partial charge in [0.25, 0.3) is 5.91 Å². The molecule has 0 bridgehead atoms. The molecule has 0 saturated carbocycles. The van der Waals surface area contributed by atoms with Crippen LogP contribution in [0.1, 0.15) is 73.7 Å². The maximum Gasteiger partial charge on any atom is 0.255 e. The number of hydrogen-bond acceptors (Lipinski definition) is 11. The van der Waals surface area contributed by atoms with Crippen LogP contribution in [0, 0.1) is 0 Å². The predicted octanol–water partition coefficient (Wildman–Crippen LogP) is 7.58. The second kappa shape index (κ2) is 20.1. The Kier molecular flexibility index (Phi) is 14.5. The lowest BCUT2D eigenvalue weighted by molar-refractivity contribution is -0.137. The van der Waals surface area contributed by atoms with Gasteiger partial charge >= 0.3 is 0 Å². The minimum atomic E-state index is -0.613. The molecule has 1 unspecified atom stereocenters. The zero-order valence-electron chi connectivity index (χ0n) is 34.3. The van der Waals surface area contributed by atoms with Crippen molar-refractivity contribution in [1.29, 1.82) is 0 Å². The number of piperidine rings is 2. The van der Waals surface area contributed by atoms with Crippen LogP contribution in [0.15, 0.2) is 71.8 Å². The number of nitrogens with one attached hydrogen (secondary N) is 4. The quantitative estimate of drug-likeness (QED) is 0.0359. The summed E-state index contributed by atoms with van der Waals surface area (Å²) < 4.78 is 5.78. The number of carbonyl (C=O) groups excluding carboxylic acids is 4. The monoisotopic (exact) mass is 870 g/mol. The Balaban J connectivity index is 0.808. The molecule has 316 valence electrons. The number of para-hydroxylation sites is 1. The average molecular weight is 871 g/mol. The fourth-order valence-electron chi connectivity index (χ4n) is 7.91. The van der Waals surface area contributed by atoms with E-state index in [1.165, 1.54) is 5.30 Å². The van der Waals surface area contributed by atoms with E-state index in [4.69, 9.17) is 16.3 Å². The molecule has 60 heavy (non-hydrogen) atoms. The minimum Gasteiger partial charge on any atom is -0.494 e. The first kappa shape index (κ1) is 43.2. The van der Waals surface area contributed by atoms with Gasteiger partial charge in [-0.1, -0.05) is 56.6 Å². The predicted molar refractivity (Wildman–Crippen MR) is 241 cm³/mol. The molecule has 3 aliphatic heterocycles. The summed E-state index contributed by atoms with van der Waals surface area (Å²) in [6.45, 7) is 6.44. The summed E-state index contributed by atoms with van der Waals surface area (Å²) >= 11 is 8.23. The molecule has 3 aliphatic rings. The highest BCUT2D eigenvalue weighted by molar-refractivity contribution is 7.99. The number of benzene rings is 3. The lowest BCUT2D eigenvalue weighted by atomic mass is 10.0. The molecule has 4 N–H and O–H groups in total. The molecule has 4 amide bonds. The van der Waals surface area contributed by atoms with Crippen molar-refractivity contribution in [1.82, 2.24) is 25.5 Å². The highest BCUT2D eigenvalue weighted by Crippen LogP contribution is 2.36. The van der Waals surface area contributed by atoms with Crippen LogP contribution in [0.3, 0.4) is 0 Å². The van der Waals surface area contributed by atoms with E-state index in [1.54, 1.807) is 30.0 Å². The highest BCUT2D eigenvalue weighted by atomic mass is 35.5. The van der Waals surface area contributed by atoms with Crippen LogP contribution >= 0.6 is 31.3 Å². The number of hydrogen-bond donors (Lipinski definition) is 4. The Hall–Kier alpha value is -4.91. The third-order valence-electron chi connectivity index (χ3n) is 11.1. The molecule has 1 atom stereocenters. The van der Waals surface area contributed by atoms with Crippen molar-refractivity contribution >= 4 is 89.0 Å². The van der Waals surface area contributed by atoms with Crippen molar-refractivity contribution in [2.75, 3.05) is 54.8 Å². The molecule has 7 rings (SSSR count). The number of amides is 4. The van der Waals surface area contributed by atoms with E-state index >= 15 is 0 Å². The summed E-state index contributed by atoms with van der Waals surface area (Å²) in [6, 6.07) is 19.5. The second-order valence-corrected chi connectivity index (χ2v) is 19.3. The van der Waals surface area contributed by atoms with Crippen molar-refractivity contribution in [2.45, 2.75) is 81.3 Å². The zero-order valence-corrected chi connectivity index (χ0v) is 36.7. The van der Waals surface area contributed by atoms with Gasteiger partial charge in [-0.3, -0.25) is 24.5 Å². The van der Waals surface area contributed by atoms with Crippen molar-refractivity contribution in [3.63, 3.8) is 0 Å². The number of halogens is 1. The Labute approximate surface area is 361 Å². The molecule has 1 aromatic heterocycles. The van der Waals surface area contributed by atoms with Gasteiger partial charge in [-0.2, -0.15) is 4.98 Å². The van der Waals surface area contributed by atoms with Gasteiger partial charge in [0.2, 0.25) is 23.7 Å². The number of imide groups is 1. The van der Waals surface area contributed by atoms with Gasteiger partial charge in [0.1, 0.15) is 16.8 Å². The summed E-state index contributed by atoms with van der Waals surface area (Å²) in [6.07, 6.45) is 8.26. The summed E-state index contributed by atoms with van der Waals surface area (Å²) in [4.78, 5) is 64.1. The number of methoxy groups -OCH3 is 1. The Morgan fingerprint density at radius 1 is 0.967 bits per heavy atom. The van der Waals surface area contributed by atoms with Gasteiger partial charge in [0.05, 0.1) is 19.0 Å². The summed E-state index contributed by atoms with van der Waals surface area (Å²) in [5, 5.41) is 14.0. The van der Waals surface area contributed by atoms with Gasteiger partial charge in [0, 0.05) is 66.4 Å². The number of rotatable bonds is 17. The molecule has 2 fully saturated rings. The fraction of sp³-hybridized carbons (Fsp3) is 0.409. The van der Waals surface area contributed by atoms with Crippen LogP contribution in [0.4, 0.5) is 28.8 Å². The van der Waals surface area contributed by atoms with Crippen LogP contribution in [0.2, 0.25) is 5.02 Å². The standard InChI is InChI=1S/C44H52ClN8O5PS/c1-58-36-25-29(16-17-33(36)49-44-46-26-32(45)41(51-44)48-34-12-7-8-13-37(34)59(2)3)52-22-20-28(21-23-52)47-39(54)15-6-4-5-9-24-60-38-14-10-11-30-31(38)27-53(43(30)57)35-18-19-40(55)50-42(35)56/h7-8,10-14,16-17,25-26,28,35H,4-6,9,15,18-24,27H2,1-3H3,(H,47,54)(H,50,55,56)(H2,46,48,49,51). The van der Waals surface area contributed by atoms with E-state index < -0.39 is 11.9 Å². The average Bonchev–Trinajstić information content (AvgIpc) is 3.58. The molecular weight excluding hydrogens is 819 g/mol. The molecule has 4 heterocycles. The van der Waals surface area contributed by atoms with Crippen LogP contribution in [-0.4, -0.2) is 89.9 Å². The fourth-order valence-corrected chi connectivity index (χ4v) is 10.1. The van der Waals surface area contributed by atoms with E-state index in [2.05, 4.69) is 61.6 Å². The summed E-state index contributed by atoms with van der Waals surface area (Å²) in [5.74, 6) is 1.76. The highest BCUT2D eigenvalue weighted by Gasteiger charge is 2.39. The lowest BCUT2D eigenvalue weighted by Gasteiger charge is -2.34. The first-order valence-corrected chi connectivity index (χ1v) is 24.1. The number of aromatic nitrogens is 2. The Morgan fingerprint density at radius 3 is 2.55 bits per heavy atom. The van der Waals surface area contributed by atoms with E-state index in [1.807, 2.05) is 48.5 Å². The van der Waals surface area contributed by atoms with E-state index in [0.717, 1.165) is 84.9 Å². The van der Waals surface area contributed by atoms with Gasteiger partial charge in [0.15, 0.2) is 5.82 Å². The molecule has 2 saturated heterocycles. The topological polar surface area (TPSA) is 158 Å². The van der Waals surface area contributed by atoms with E-state index in [-0.39, 0.29) is 38.1 Å². The summed E-state index contributed by atoms with van der Waals surface area (Å²) in [7, 11) is 1.32. The van der Waals surface area contributed by atoms with Crippen LogP contribution < -0.4 is 36.2 Å². The van der Waals surface area contributed by atoms with Crippen molar-refractivity contribution in [2.24, 2.45) is 0 Å². The molecule has 16 heteroatoms. The smallest absolute Gasteiger partial charge is 0.255 e. The first-order valence-electron chi connectivity index (χ1n) is 20.5. The second-order valence-electron chi connectivity index (χ2n) is 15.5. The number of anilines is 5. The van der Waals surface area contributed by atoms with E-state index in [0.29, 0.717) is 47.5 Å². The normalized spacial score (nSPS) is 16.8. The lowest BCUT2D eigenvalue weighted by Crippen LogP contribution is -2.52. The third kappa shape index (κ3) is 10.5. The summed E-state index contributed by atoms with van der Waals surface area (Å²) in [5.41, 5.74) is 4.36. The maximum atomic E-state index is 13.1. The third-order valence-corrected chi connectivity index (χ3v) is 14.0. The molecule has 0 aliphatic carbocycles. The molecule has 0 spiro atoms. The van der Waals surface area contributed by atoms with Gasteiger partial charge in [-0.25, -0.2) is 4.98 Å². The zero-order chi connectivity index (χ0) is 42.2. The van der Waals surface area contributed by atoms with Crippen LogP contribution in [-0.2, 0) is 20.9 Å². The van der Waals surface area contributed by atoms with Gasteiger partial charge < -0.3 is 30.5 Å². The number of unbranched alkanes of at least 4 members (excludes halogenated alkanes) is 3. The Morgan fingerprint density at radius 2 is 1.77 bits per heavy atom. The molecule has 0 radical (unpaired) electrons. The number of ether oxygens (including phenoxy) is 1. The van der Waals surface area contributed by atoms with Gasteiger partial charge in [-0.15, -0.1) is 11.8 Å². The van der Waals surface area contributed by atoms with Crippen molar-refractivity contribution in [3.05, 3.63) is 83.0 Å². The molecule has 3 aromatic carbocycles. The molecular formula is C44H52ClN8O5PS. The number of fused-ring (bicyclic) bond motifs is 1. The minimum absolute atomic E-state index is 0.109. The Bertz CT molecular complexity index is 2220. The first-order chi connectivity index (χ1) is 29.1.